The predicted octanol–water partition coefficient (Wildman–Crippen LogP) is 6.82. The van der Waals surface area contributed by atoms with Crippen molar-refractivity contribution in [1.29, 1.82) is 0 Å². The van der Waals surface area contributed by atoms with Gasteiger partial charge in [-0.3, -0.25) is 4.79 Å². The summed E-state index contributed by atoms with van der Waals surface area (Å²) in [7, 11) is 1.55. The number of carbonyl (C=O) groups excluding carboxylic acids is 1. The van der Waals surface area contributed by atoms with Crippen LogP contribution >= 0.6 is 11.8 Å². The Bertz CT molecular complexity index is 1110. The van der Waals surface area contributed by atoms with Crippen molar-refractivity contribution in [2.45, 2.75) is 37.3 Å². The Morgan fingerprint density at radius 1 is 0.970 bits per heavy atom. The molecule has 0 unspecified atom stereocenters. The van der Waals surface area contributed by atoms with Gasteiger partial charge < -0.3 is 14.2 Å². The molecule has 8 heteroatoms. The minimum atomic E-state index is -4.36. The number of ether oxygens (including phenoxy) is 3. The number of para-hydroxylation sites is 1. The summed E-state index contributed by atoms with van der Waals surface area (Å²) in [4.78, 5) is 12.2. The Balaban J connectivity index is 1.70. The van der Waals surface area contributed by atoms with Gasteiger partial charge in [0.1, 0.15) is 23.9 Å². The van der Waals surface area contributed by atoms with Crippen LogP contribution in [0.1, 0.15) is 29.2 Å². The van der Waals surface area contributed by atoms with E-state index < -0.39 is 17.7 Å². The van der Waals surface area contributed by atoms with E-state index in [1.807, 2.05) is 37.3 Å². The summed E-state index contributed by atoms with van der Waals surface area (Å²) in [6.07, 6.45) is -4.36. The summed E-state index contributed by atoms with van der Waals surface area (Å²) in [6.45, 7) is 3.35. The second-order valence-electron chi connectivity index (χ2n) is 7.24. The number of hydrogen-bond donors (Lipinski definition) is 0. The van der Waals surface area contributed by atoms with Crippen LogP contribution in [0.4, 0.5) is 13.2 Å². The molecule has 0 aliphatic heterocycles. The Morgan fingerprint density at radius 2 is 1.67 bits per heavy atom. The highest BCUT2D eigenvalue weighted by molar-refractivity contribution is 7.98. The van der Waals surface area contributed by atoms with Gasteiger partial charge in [-0.25, -0.2) is 0 Å². The molecule has 4 nitrogen and oxygen atoms in total. The molecule has 0 aliphatic rings. The fourth-order valence-corrected chi connectivity index (χ4v) is 4.14. The molecule has 0 saturated heterocycles. The molecule has 0 fully saturated rings. The lowest BCUT2D eigenvalue weighted by Crippen LogP contribution is -2.05. The van der Waals surface area contributed by atoms with Gasteiger partial charge in [-0.1, -0.05) is 30.3 Å². The van der Waals surface area contributed by atoms with Gasteiger partial charge in [-0.15, -0.1) is 11.8 Å². The summed E-state index contributed by atoms with van der Waals surface area (Å²) in [5.74, 6) is 1.86. The topological polar surface area (TPSA) is 44.8 Å². The molecule has 0 radical (unpaired) electrons. The van der Waals surface area contributed by atoms with E-state index in [1.54, 1.807) is 13.2 Å². The minimum Gasteiger partial charge on any atom is -0.495 e. The molecule has 3 aromatic rings. The van der Waals surface area contributed by atoms with Gasteiger partial charge in [-0.2, -0.15) is 13.2 Å². The summed E-state index contributed by atoms with van der Waals surface area (Å²) < 4.78 is 54.8. The molecule has 0 amide bonds. The predicted molar refractivity (Wildman–Crippen MR) is 121 cm³/mol. The lowest BCUT2D eigenvalue weighted by atomic mass is 10.1. The summed E-state index contributed by atoms with van der Waals surface area (Å²) >= 11 is 1.54. The van der Waals surface area contributed by atoms with E-state index in [1.165, 1.54) is 30.8 Å². The fraction of sp³-hybridized carbons (Fsp3) is 0.240. The van der Waals surface area contributed by atoms with Crippen LogP contribution in [0.25, 0.3) is 0 Å². The molecule has 3 rings (SSSR count). The van der Waals surface area contributed by atoms with Gasteiger partial charge >= 0.3 is 12.1 Å². The number of rotatable bonds is 8. The molecule has 0 aliphatic carbocycles. The average molecular weight is 477 g/mol. The van der Waals surface area contributed by atoms with Crippen LogP contribution < -0.4 is 14.2 Å². The first-order chi connectivity index (χ1) is 15.7. The normalized spacial score (nSPS) is 11.2. The van der Waals surface area contributed by atoms with Crippen molar-refractivity contribution in [2.75, 3.05) is 7.11 Å². The number of hydrogen-bond acceptors (Lipinski definition) is 5. The van der Waals surface area contributed by atoms with E-state index in [0.717, 1.165) is 28.2 Å². The third kappa shape index (κ3) is 6.68. The number of methoxy groups -OCH3 is 1. The van der Waals surface area contributed by atoms with Crippen LogP contribution in [0, 0.1) is 6.92 Å². The number of thioether (sulfide) groups is 1. The molecule has 0 heterocycles. The molecule has 3 aromatic carbocycles. The summed E-state index contributed by atoms with van der Waals surface area (Å²) in [5, 5.41) is 0. The molecule has 174 valence electrons. The van der Waals surface area contributed by atoms with Gasteiger partial charge in [0.05, 0.1) is 17.6 Å². The molecule has 0 bridgehead atoms. The second-order valence-corrected chi connectivity index (χ2v) is 8.26. The van der Waals surface area contributed by atoms with E-state index >= 15 is 0 Å². The quantitative estimate of drug-likeness (QED) is 0.203. The third-order valence-electron chi connectivity index (χ3n) is 4.75. The summed E-state index contributed by atoms with van der Waals surface area (Å²) in [6, 6.07) is 16.0. The maximum Gasteiger partial charge on any atom is 0.416 e. The van der Waals surface area contributed by atoms with Crippen molar-refractivity contribution in [3.8, 4) is 17.2 Å². The standard InChI is InChI=1S/C25H23F3O4S/c1-16-12-24(23(30-3)13-22(16)32-17(2)29)33-15-19-6-4-5-7-21(19)31-14-18-8-10-20(11-9-18)25(26,27)28/h4-13H,14-15H2,1-3H3. The van der Waals surface area contributed by atoms with Crippen LogP contribution in [0.5, 0.6) is 17.2 Å². The monoisotopic (exact) mass is 476 g/mol. The largest absolute Gasteiger partial charge is 0.495 e. The Hall–Kier alpha value is -3.13. The molecular weight excluding hydrogens is 453 g/mol. The summed E-state index contributed by atoms with van der Waals surface area (Å²) in [5.41, 5.74) is 1.69. The van der Waals surface area contributed by atoms with Crippen LogP contribution in [0.2, 0.25) is 0 Å². The van der Waals surface area contributed by atoms with Gasteiger partial charge in [0, 0.05) is 24.3 Å². The first kappa shape index (κ1) is 24.5. The van der Waals surface area contributed by atoms with Gasteiger partial charge in [-0.05, 0) is 42.3 Å². The van der Waals surface area contributed by atoms with Crippen molar-refractivity contribution < 1.29 is 32.2 Å². The first-order valence-corrected chi connectivity index (χ1v) is 11.0. The van der Waals surface area contributed by atoms with Crippen LogP contribution in [-0.2, 0) is 23.3 Å². The van der Waals surface area contributed by atoms with E-state index in [9.17, 15) is 18.0 Å². The molecule has 0 spiro atoms. The molecule has 0 aromatic heterocycles. The zero-order valence-electron chi connectivity index (χ0n) is 18.4. The number of alkyl halides is 3. The zero-order valence-corrected chi connectivity index (χ0v) is 19.2. The second kappa shape index (κ2) is 10.7. The van der Waals surface area contributed by atoms with E-state index in [0.29, 0.717) is 28.6 Å². The van der Waals surface area contributed by atoms with Gasteiger partial charge in [0.15, 0.2) is 0 Å². The number of carbonyl (C=O) groups is 1. The zero-order chi connectivity index (χ0) is 24.0. The minimum absolute atomic E-state index is 0.152. The molecule has 0 N–H and O–H groups in total. The molecule has 0 atom stereocenters. The Kier molecular flexibility index (Phi) is 7.92. The number of aryl methyl sites for hydroxylation is 1. The maximum absolute atomic E-state index is 12.7. The van der Waals surface area contributed by atoms with E-state index in [2.05, 4.69) is 0 Å². The lowest BCUT2D eigenvalue weighted by molar-refractivity contribution is -0.137. The van der Waals surface area contributed by atoms with Crippen LogP contribution in [0.15, 0.2) is 65.6 Å². The van der Waals surface area contributed by atoms with Crippen molar-refractivity contribution in [2.24, 2.45) is 0 Å². The van der Waals surface area contributed by atoms with Crippen LogP contribution in [0.3, 0.4) is 0 Å². The smallest absolute Gasteiger partial charge is 0.416 e. The highest BCUT2D eigenvalue weighted by atomic mass is 32.2. The fourth-order valence-electron chi connectivity index (χ4n) is 3.05. The number of esters is 1. The van der Waals surface area contributed by atoms with Gasteiger partial charge in [0.25, 0.3) is 0 Å². The van der Waals surface area contributed by atoms with Crippen molar-refractivity contribution in [1.82, 2.24) is 0 Å². The van der Waals surface area contributed by atoms with Crippen LogP contribution in [-0.4, -0.2) is 13.1 Å². The van der Waals surface area contributed by atoms with Crippen molar-refractivity contribution in [3.63, 3.8) is 0 Å². The SMILES string of the molecule is COc1cc(OC(C)=O)c(C)cc1SCc1ccccc1OCc1ccc(C(F)(F)F)cc1. The Morgan fingerprint density at radius 3 is 2.30 bits per heavy atom. The van der Waals surface area contributed by atoms with Gasteiger partial charge in [0.2, 0.25) is 0 Å². The first-order valence-electron chi connectivity index (χ1n) is 10.0. The van der Waals surface area contributed by atoms with E-state index in [4.69, 9.17) is 14.2 Å². The van der Waals surface area contributed by atoms with E-state index in [-0.39, 0.29) is 6.61 Å². The highest BCUT2D eigenvalue weighted by Gasteiger charge is 2.29. The Labute approximate surface area is 194 Å². The number of halogens is 3. The lowest BCUT2D eigenvalue weighted by Gasteiger charge is -2.15. The average Bonchev–Trinajstić information content (AvgIpc) is 2.77. The van der Waals surface area contributed by atoms with Crippen molar-refractivity contribution >= 4 is 17.7 Å². The molecule has 33 heavy (non-hydrogen) atoms. The number of benzene rings is 3. The maximum atomic E-state index is 12.7. The molecule has 0 saturated carbocycles. The highest BCUT2D eigenvalue weighted by Crippen LogP contribution is 2.38. The van der Waals surface area contributed by atoms with Crippen molar-refractivity contribution in [3.05, 3.63) is 82.9 Å². The third-order valence-corrected chi connectivity index (χ3v) is 5.83. The molecular formula is C25H23F3O4S.